The molecular weight excluding hydrogens is 330 g/mol. The molecule has 0 aliphatic carbocycles. The lowest BCUT2D eigenvalue weighted by atomic mass is 10.3. The third-order valence-corrected chi connectivity index (χ3v) is 4.82. The average molecular weight is 340 g/mol. The van der Waals surface area contributed by atoms with E-state index in [-0.39, 0.29) is 5.56 Å². The number of nitrogens with two attached hydrogens (primary N) is 1. The Balaban J connectivity index is 1.78. The number of H-pyrrole nitrogens is 1. The number of hydrogen-bond donors (Lipinski definition) is 2. The molecule has 0 saturated heterocycles. The molecule has 2 aromatic heterocycles. The van der Waals surface area contributed by atoms with E-state index in [2.05, 4.69) is 15.3 Å². The molecule has 6 nitrogen and oxygen atoms in total. The van der Waals surface area contributed by atoms with Crippen molar-refractivity contribution in [2.75, 3.05) is 5.73 Å². The van der Waals surface area contributed by atoms with E-state index in [9.17, 15) is 4.79 Å². The van der Waals surface area contributed by atoms with Gasteiger partial charge in [-0.15, -0.1) is 10.2 Å². The number of nitrogens with zero attached hydrogens (tertiary/aromatic N) is 3. The summed E-state index contributed by atoms with van der Waals surface area (Å²) in [6, 6.07) is 8.60. The molecule has 3 N–H and O–H groups in total. The number of rotatable bonds is 4. The van der Waals surface area contributed by atoms with Gasteiger partial charge in [0.25, 0.3) is 5.56 Å². The number of nitrogens with one attached hydrogen (secondary N) is 1. The molecule has 0 unspecified atom stereocenters. The Bertz CT molecular complexity index is 808. The van der Waals surface area contributed by atoms with Crippen LogP contribution in [0.5, 0.6) is 0 Å². The van der Waals surface area contributed by atoms with Gasteiger partial charge in [0, 0.05) is 22.5 Å². The van der Waals surface area contributed by atoms with E-state index in [1.807, 2.05) is 0 Å². The first kappa shape index (κ1) is 14.2. The Morgan fingerprint density at radius 1 is 1.33 bits per heavy atom. The van der Waals surface area contributed by atoms with Gasteiger partial charge in [-0.05, 0) is 24.3 Å². The molecule has 3 rings (SSSR count). The number of aromatic nitrogens is 4. The van der Waals surface area contributed by atoms with Gasteiger partial charge in [0.1, 0.15) is 0 Å². The summed E-state index contributed by atoms with van der Waals surface area (Å²) in [5, 5.41) is 11.8. The SMILES string of the molecule is Nc1nnc(SCc2cc(=O)n(-c3ccc(Cl)cc3)[nH]2)s1. The molecule has 21 heavy (non-hydrogen) atoms. The van der Waals surface area contributed by atoms with E-state index in [1.54, 1.807) is 30.3 Å². The number of nitrogen functional groups attached to an aromatic ring is 1. The van der Waals surface area contributed by atoms with Gasteiger partial charge in [0.15, 0.2) is 4.34 Å². The predicted octanol–water partition coefficient (Wildman–Crippen LogP) is 2.54. The Morgan fingerprint density at radius 2 is 2.10 bits per heavy atom. The molecule has 0 atom stereocenters. The summed E-state index contributed by atoms with van der Waals surface area (Å²) in [5.41, 5.74) is 6.94. The smallest absolute Gasteiger partial charge is 0.271 e. The lowest BCUT2D eigenvalue weighted by molar-refractivity contribution is 0.833. The lowest BCUT2D eigenvalue weighted by Gasteiger charge is -2.01. The van der Waals surface area contributed by atoms with Crippen molar-refractivity contribution in [1.29, 1.82) is 0 Å². The first-order chi connectivity index (χ1) is 10.1. The van der Waals surface area contributed by atoms with E-state index in [4.69, 9.17) is 17.3 Å². The summed E-state index contributed by atoms with van der Waals surface area (Å²) < 4.78 is 2.24. The zero-order valence-corrected chi connectivity index (χ0v) is 13.0. The van der Waals surface area contributed by atoms with Crippen LogP contribution in [0.15, 0.2) is 39.5 Å². The van der Waals surface area contributed by atoms with E-state index in [0.717, 1.165) is 15.7 Å². The lowest BCUT2D eigenvalue weighted by Crippen LogP contribution is -2.13. The maximum absolute atomic E-state index is 12.0. The number of anilines is 1. The van der Waals surface area contributed by atoms with Crippen molar-refractivity contribution in [2.45, 2.75) is 10.1 Å². The fourth-order valence-corrected chi connectivity index (χ4v) is 3.38. The van der Waals surface area contributed by atoms with Crippen LogP contribution in [-0.4, -0.2) is 20.0 Å². The van der Waals surface area contributed by atoms with Gasteiger partial charge in [-0.2, -0.15) is 0 Å². The second-order valence-corrected chi connectivity index (χ2v) is 6.79. The van der Waals surface area contributed by atoms with E-state index in [0.29, 0.717) is 15.9 Å². The molecule has 9 heteroatoms. The zero-order chi connectivity index (χ0) is 14.8. The average Bonchev–Trinajstić information content (AvgIpc) is 3.04. The van der Waals surface area contributed by atoms with Crippen molar-refractivity contribution < 1.29 is 0 Å². The van der Waals surface area contributed by atoms with Gasteiger partial charge in [0.05, 0.1) is 5.69 Å². The minimum absolute atomic E-state index is 0.121. The van der Waals surface area contributed by atoms with Gasteiger partial charge < -0.3 is 5.73 Å². The molecule has 0 bridgehead atoms. The van der Waals surface area contributed by atoms with Gasteiger partial charge in [-0.1, -0.05) is 34.7 Å². The third-order valence-electron chi connectivity index (χ3n) is 2.63. The van der Waals surface area contributed by atoms with Gasteiger partial charge in [-0.3, -0.25) is 9.89 Å². The van der Waals surface area contributed by atoms with Crippen LogP contribution >= 0.6 is 34.7 Å². The number of thioether (sulfide) groups is 1. The number of aromatic amines is 1. The standard InChI is InChI=1S/C12H10ClN5OS2/c13-7-1-3-9(4-2-7)18-10(19)5-8(17-18)6-20-12-16-15-11(14)21-12/h1-5,17H,6H2,(H2,14,15). The highest BCUT2D eigenvalue weighted by Crippen LogP contribution is 2.26. The van der Waals surface area contributed by atoms with Crippen LogP contribution in [0.4, 0.5) is 5.13 Å². The molecule has 0 fully saturated rings. The molecule has 0 radical (unpaired) electrons. The van der Waals surface area contributed by atoms with Crippen LogP contribution < -0.4 is 11.3 Å². The van der Waals surface area contributed by atoms with Crippen LogP contribution in [0, 0.1) is 0 Å². The van der Waals surface area contributed by atoms with Gasteiger partial charge >= 0.3 is 0 Å². The fourth-order valence-electron chi connectivity index (χ4n) is 1.72. The second kappa shape index (κ2) is 5.92. The van der Waals surface area contributed by atoms with Crippen molar-refractivity contribution in [1.82, 2.24) is 20.0 Å². The summed E-state index contributed by atoms with van der Waals surface area (Å²) in [6.07, 6.45) is 0. The van der Waals surface area contributed by atoms with Crippen LogP contribution in [-0.2, 0) is 5.75 Å². The molecule has 0 saturated carbocycles. The molecule has 0 amide bonds. The minimum atomic E-state index is -0.121. The topological polar surface area (TPSA) is 89.6 Å². The predicted molar refractivity (Wildman–Crippen MR) is 85.3 cm³/mol. The Kier molecular flexibility index (Phi) is 4.00. The highest BCUT2D eigenvalue weighted by molar-refractivity contribution is 8.00. The normalized spacial score (nSPS) is 10.9. The second-order valence-electron chi connectivity index (χ2n) is 4.13. The summed E-state index contributed by atoms with van der Waals surface area (Å²) in [7, 11) is 0. The van der Waals surface area contributed by atoms with E-state index in [1.165, 1.54) is 27.8 Å². The highest BCUT2D eigenvalue weighted by atomic mass is 35.5. The summed E-state index contributed by atoms with van der Waals surface area (Å²) in [6.45, 7) is 0. The molecule has 108 valence electrons. The first-order valence-electron chi connectivity index (χ1n) is 5.90. The van der Waals surface area contributed by atoms with Crippen LogP contribution in [0.3, 0.4) is 0 Å². The zero-order valence-electron chi connectivity index (χ0n) is 10.6. The number of hydrogen-bond acceptors (Lipinski definition) is 6. The monoisotopic (exact) mass is 339 g/mol. The van der Waals surface area contributed by atoms with Crippen molar-refractivity contribution in [3.05, 3.63) is 51.4 Å². The van der Waals surface area contributed by atoms with Crippen LogP contribution in [0.25, 0.3) is 5.69 Å². The largest absolute Gasteiger partial charge is 0.374 e. The van der Waals surface area contributed by atoms with Crippen LogP contribution in [0.1, 0.15) is 5.69 Å². The maximum Gasteiger partial charge on any atom is 0.271 e. The molecule has 1 aromatic carbocycles. The minimum Gasteiger partial charge on any atom is -0.374 e. The van der Waals surface area contributed by atoms with Crippen molar-refractivity contribution in [3.8, 4) is 5.69 Å². The van der Waals surface area contributed by atoms with Crippen molar-refractivity contribution in [2.24, 2.45) is 0 Å². The molecular formula is C12H10ClN5OS2. The molecule has 0 aliphatic rings. The molecule has 0 aliphatic heterocycles. The quantitative estimate of drug-likeness (QED) is 0.713. The van der Waals surface area contributed by atoms with Gasteiger partial charge in [-0.25, -0.2) is 4.68 Å². The van der Waals surface area contributed by atoms with E-state index >= 15 is 0 Å². The maximum atomic E-state index is 12.0. The summed E-state index contributed by atoms with van der Waals surface area (Å²) in [4.78, 5) is 12.0. The number of benzene rings is 1. The summed E-state index contributed by atoms with van der Waals surface area (Å²) in [5.74, 6) is 0.588. The third kappa shape index (κ3) is 3.29. The Morgan fingerprint density at radius 3 is 2.76 bits per heavy atom. The van der Waals surface area contributed by atoms with Crippen molar-refractivity contribution >= 4 is 39.8 Å². The molecule has 3 aromatic rings. The van der Waals surface area contributed by atoms with Crippen molar-refractivity contribution in [3.63, 3.8) is 0 Å². The Hall–Kier alpha value is -1.77. The van der Waals surface area contributed by atoms with Gasteiger partial charge in [0.2, 0.25) is 5.13 Å². The number of halogens is 1. The molecule has 0 spiro atoms. The molecule has 2 heterocycles. The summed E-state index contributed by atoms with van der Waals surface area (Å²) >= 11 is 8.64. The van der Waals surface area contributed by atoms with E-state index < -0.39 is 0 Å². The van der Waals surface area contributed by atoms with Crippen LogP contribution in [0.2, 0.25) is 5.02 Å². The first-order valence-corrected chi connectivity index (χ1v) is 8.08. The highest BCUT2D eigenvalue weighted by Gasteiger charge is 2.07. The fraction of sp³-hybridized carbons (Fsp3) is 0.0833. The Labute approximate surface area is 132 Å².